The van der Waals surface area contributed by atoms with E-state index >= 15 is 0 Å². The Kier molecular flexibility index (Phi) is 4.73. The van der Waals surface area contributed by atoms with Crippen molar-refractivity contribution in [2.45, 2.75) is 24.9 Å². The van der Waals surface area contributed by atoms with Gasteiger partial charge in [0.15, 0.2) is 11.5 Å². The summed E-state index contributed by atoms with van der Waals surface area (Å²) in [7, 11) is 0. The average molecular weight is 451 g/mol. The number of nitriles is 1. The zero-order valence-electron chi connectivity index (χ0n) is 15.7. The molecule has 146 valence electrons. The van der Waals surface area contributed by atoms with Crippen LogP contribution in [0.3, 0.4) is 0 Å². The first kappa shape index (κ1) is 18.2. The smallest absolute Gasteiger partial charge is 0.183 e. The Morgan fingerprint density at radius 2 is 2.03 bits per heavy atom. The van der Waals surface area contributed by atoms with Gasteiger partial charge in [0.2, 0.25) is 0 Å². The van der Waals surface area contributed by atoms with Crippen molar-refractivity contribution in [3.8, 4) is 11.8 Å². The number of anilines is 1. The first-order valence-corrected chi connectivity index (χ1v) is 10.4. The van der Waals surface area contributed by atoms with Crippen LogP contribution in [0.5, 0.6) is 0 Å². The molecule has 1 aromatic carbocycles. The Morgan fingerprint density at radius 1 is 1.14 bits per heavy atom. The van der Waals surface area contributed by atoms with Crippen LogP contribution < -0.4 is 4.90 Å². The molecule has 2 fully saturated rings. The maximum absolute atomic E-state index is 9.33. The second kappa shape index (κ2) is 7.54. The largest absolute Gasteiger partial charge is 0.351 e. The molecular formula is C20H19BrN8. The van der Waals surface area contributed by atoms with Gasteiger partial charge in [0.05, 0.1) is 17.9 Å². The molecule has 8 nitrogen and oxygen atoms in total. The summed E-state index contributed by atoms with van der Waals surface area (Å²) >= 11 is 3.51. The highest BCUT2D eigenvalue weighted by molar-refractivity contribution is 9.10. The molecule has 2 aliphatic rings. The minimum atomic E-state index is 0.278. The molecule has 2 aromatic heterocycles. The van der Waals surface area contributed by atoms with E-state index in [9.17, 15) is 5.26 Å². The van der Waals surface area contributed by atoms with Gasteiger partial charge in [0, 0.05) is 42.5 Å². The molecule has 0 spiro atoms. The van der Waals surface area contributed by atoms with E-state index in [2.05, 4.69) is 52.1 Å². The molecule has 5 rings (SSSR count). The molecule has 4 heterocycles. The van der Waals surface area contributed by atoms with Crippen molar-refractivity contribution in [2.24, 2.45) is 0 Å². The number of benzene rings is 1. The number of aromatic nitrogens is 5. The molecule has 0 bridgehead atoms. The van der Waals surface area contributed by atoms with Gasteiger partial charge < -0.3 is 4.90 Å². The Hall–Kier alpha value is -2.83. The third-order valence-corrected chi connectivity index (χ3v) is 6.20. The Morgan fingerprint density at radius 3 is 2.90 bits per heavy atom. The van der Waals surface area contributed by atoms with Gasteiger partial charge in [-0.3, -0.25) is 4.90 Å². The minimum absolute atomic E-state index is 0.278. The summed E-state index contributed by atoms with van der Waals surface area (Å²) < 4.78 is 2.85. The first-order valence-electron chi connectivity index (χ1n) is 9.63. The second-order valence-electron chi connectivity index (χ2n) is 7.34. The fraction of sp³-hybridized carbons (Fsp3) is 0.350. The third-order valence-electron chi connectivity index (χ3n) is 5.71. The number of hydrogen-bond acceptors (Lipinski definition) is 7. The lowest BCUT2D eigenvalue weighted by molar-refractivity contribution is 0.173. The van der Waals surface area contributed by atoms with Crippen molar-refractivity contribution in [3.05, 3.63) is 58.7 Å². The van der Waals surface area contributed by atoms with Crippen LogP contribution in [0.15, 0.2) is 47.3 Å². The molecule has 29 heavy (non-hydrogen) atoms. The Labute approximate surface area is 176 Å². The predicted molar refractivity (Wildman–Crippen MR) is 110 cm³/mol. The van der Waals surface area contributed by atoms with Gasteiger partial charge in [-0.15, -0.1) is 5.10 Å². The summed E-state index contributed by atoms with van der Waals surface area (Å²) in [4.78, 5) is 13.3. The highest BCUT2D eigenvalue weighted by Crippen LogP contribution is 2.38. The summed E-state index contributed by atoms with van der Waals surface area (Å²) in [6.07, 6.45) is 7.41. The van der Waals surface area contributed by atoms with E-state index in [0.717, 1.165) is 48.3 Å². The molecular weight excluding hydrogens is 432 g/mol. The van der Waals surface area contributed by atoms with E-state index in [-0.39, 0.29) is 6.04 Å². The maximum Gasteiger partial charge on any atom is 0.183 e. The van der Waals surface area contributed by atoms with Crippen molar-refractivity contribution in [3.63, 3.8) is 0 Å². The summed E-state index contributed by atoms with van der Waals surface area (Å²) in [5.41, 5.74) is 2.40. The number of piperazine rings is 1. The van der Waals surface area contributed by atoms with Crippen LogP contribution in [-0.2, 0) is 0 Å². The van der Waals surface area contributed by atoms with E-state index in [1.54, 1.807) is 12.4 Å². The molecule has 0 unspecified atom stereocenters. The molecule has 0 saturated carbocycles. The van der Waals surface area contributed by atoms with E-state index in [1.807, 2.05) is 35.1 Å². The SMILES string of the molecule is N#Cc1nccnc1N1CCN2[C@@H](CC[C@@H]2c2cn(-c3cccc(Br)c3)nn2)C1. The van der Waals surface area contributed by atoms with Crippen LogP contribution in [0, 0.1) is 11.3 Å². The standard InChI is InChI=1S/C20H19BrN8/c21-14-2-1-3-15(10-14)29-13-18(25-26-29)19-5-4-16-12-27(8-9-28(16)19)20-17(11-22)23-6-7-24-20/h1-3,6-7,10,13,16,19H,4-5,8-9,12H2/t16-,19+/m0/s1. The van der Waals surface area contributed by atoms with Gasteiger partial charge in [-0.05, 0) is 31.0 Å². The number of hydrogen-bond donors (Lipinski definition) is 0. The average Bonchev–Trinajstić information content (AvgIpc) is 3.40. The Bertz CT molecular complexity index is 1070. The van der Waals surface area contributed by atoms with Gasteiger partial charge in [-0.25, -0.2) is 14.6 Å². The van der Waals surface area contributed by atoms with Crippen LogP contribution in [0.1, 0.15) is 30.3 Å². The summed E-state index contributed by atoms with van der Waals surface area (Å²) in [6, 6.07) is 10.9. The summed E-state index contributed by atoms with van der Waals surface area (Å²) in [5, 5.41) is 18.2. The Balaban J connectivity index is 1.33. The normalized spacial score (nSPS) is 21.7. The van der Waals surface area contributed by atoms with Crippen LogP contribution in [0.2, 0.25) is 0 Å². The summed E-state index contributed by atoms with van der Waals surface area (Å²) in [5.74, 6) is 0.693. The van der Waals surface area contributed by atoms with Crippen LogP contribution in [-0.4, -0.2) is 55.5 Å². The lowest BCUT2D eigenvalue weighted by Crippen LogP contribution is -2.51. The van der Waals surface area contributed by atoms with E-state index in [0.29, 0.717) is 17.6 Å². The topological polar surface area (TPSA) is 86.8 Å². The number of fused-ring (bicyclic) bond motifs is 1. The van der Waals surface area contributed by atoms with Crippen LogP contribution in [0.4, 0.5) is 5.82 Å². The van der Waals surface area contributed by atoms with Gasteiger partial charge in [0.25, 0.3) is 0 Å². The predicted octanol–water partition coefficient (Wildman–Crippen LogP) is 2.72. The zero-order valence-corrected chi connectivity index (χ0v) is 17.3. The zero-order chi connectivity index (χ0) is 19.8. The number of nitrogens with zero attached hydrogens (tertiary/aromatic N) is 8. The molecule has 9 heteroatoms. The summed E-state index contributed by atoms with van der Waals surface area (Å²) in [6.45, 7) is 2.57. The highest BCUT2D eigenvalue weighted by Gasteiger charge is 2.40. The van der Waals surface area contributed by atoms with E-state index < -0.39 is 0 Å². The second-order valence-corrected chi connectivity index (χ2v) is 8.25. The van der Waals surface area contributed by atoms with Gasteiger partial charge in [0.1, 0.15) is 11.8 Å². The van der Waals surface area contributed by atoms with Crippen molar-refractivity contribution in [2.75, 3.05) is 24.5 Å². The lowest BCUT2D eigenvalue weighted by Gasteiger charge is -2.40. The highest BCUT2D eigenvalue weighted by atomic mass is 79.9. The van der Waals surface area contributed by atoms with Gasteiger partial charge >= 0.3 is 0 Å². The molecule has 0 N–H and O–H groups in total. The third kappa shape index (κ3) is 3.39. The number of halogens is 1. The van der Waals surface area contributed by atoms with E-state index in [4.69, 9.17) is 0 Å². The van der Waals surface area contributed by atoms with Crippen LogP contribution in [0.25, 0.3) is 5.69 Å². The molecule has 2 atom stereocenters. The fourth-order valence-electron chi connectivity index (χ4n) is 4.38. The van der Waals surface area contributed by atoms with Crippen LogP contribution >= 0.6 is 15.9 Å². The molecule has 2 aliphatic heterocycles. The van der Waals surface area contributed by atoms with Gasteiger partial charge in [-0.2, -0.15) is 5.26 Å². The number of rotatable bonds is 3. The molecule has 3 aromatic rings. The van der Waals surface area contributed by atoms with Gasteiger partial charge in [-0.1, -0.05) is 27.2 Å². The lowest BCUT2D eigenvalue weighted by atomic mass is 10.1. The molecule has 2 saturated heterocycles. The van der Waals surface area contributed by atoms with Crippen molar-refractivity contribution < 1.29 is 0 Å². The van der Waals surface area contributed by atoms with Crippen molar-refractivity contribution >= 4 is 21.7 Å². The van der Waals surface area contributed by atoms with E-state index in [1.165, 1.54) is 0 Å². The molecule has 0 aliphatic carbocycles. The minimum Gasteiger partial charge on any atom is -0.351 e. The fourth-order valence-corrected chi connectivity index (χ4v) is 4.77. The monoisotopic (exact) mass is 450 g/mol. The quantitative estimate of drug-likeness (QED) is 0.605. The molecule has 0 amide bonds. The maximum atomic E-state index is 9.33. The first-order chi connectivity index (χ1) is 14.2. The van der Waals surface area contributed by atoms with Crippen molar-refractivity contribution in [1.82, 2.24) is 29.9 Å². The van der Waals surface area contributed by atoms with Crippen molar-refractivity contribution in [1.29, 1.82) is 5.26 Å². The molecule has 0 radical (unpaired) electrons.